The van der Waals surface area contributed by atoms with E-state index in [1.54, 1.807) is 41.9 Å². The Labute approximate surface area is 159 Å². The van der Waals surface area contributed by atoms with Crippen LogP contribution in [0.25, 0.3) is 0 Å². The van der Waals surface area contributed by atoms with E-state index < -0.39 is 0 Å². The van der Waals surface area contributed by atoms with Gasteiger partial charge in [0, 0.05) is 31.5 Å². The molecule has 1 aliphatic heterocycles. The van der Waals surface area contributed by atoms with Gasteiger partial charge in [-0.1, -0.05) is 0 Å². The van der Waals surface area contributed by atoms with Gasteiger partial charge in [-0.05, 0) is 25.0 Å². The second-order valence-electron chi connectivity index (χ2n) is 6.28. The third-order valence-electron chi connectivity index (χ3n) is 4.46. The Balaban J connectivity index is 1.51. The smallest absolute Gasteiger partial charge is 0.311 e. The van der Waals surface area contributed by atoms with E-state index in [0.29, 0.717) is 23.1 Å². The molecule has 9 nitrogen and oxygen atoms in total. The van der Waals surface area contributed by atoms with Gasteiger partial charge < -0.3 is 14.6 Å². The van der Waals surface area contributed by atoms with Crippen LogP contribution in [0.15, 0.2) is 28.8 Å². The molecule has 1 atom stereocenters. The molecule has 0 aromatic carbocycles. The molecule has 4 rings (SSSR count). The normalized spacial score (nSPS) is 16.7. The Morgan fingerprint density at radius 1 is 1.30 bits per heavy atom. The number of nitrogens with one attached hydrogen (secondary N) is 1. The molecule has 10 heteroatoms. The van der Waals surface area contributed by atoms with Gasteiger partial charge in [0.2, 0.25) is 5.89 Å². The first-order chi connectivity index (χ1) is 13.0. The van der Waals surface area contributed by atoms with Crippen molar-refractivity contribution in [1.82, 2.24) is 24.9 Å². The first-order valence-electron chi connectivity index (χ1n) is 8.53. The molecular formula is C17H18N6O3S. The zero-order valence-corrected chi connectivity index (χ0v) is 15.7. The van der Waals surface area contributed by atoms with Crippen LogP contribution in [0.4, 0.5) is 5.82 Å². The number of rotatable bonds is 4. The zero-order chi connectivity index (χ0) is 19.0. The van der Waals surface area contributed by atoms with E-state index >= 15 is 0 Å². The molecule has 0 bridgehead atoms. The van der Waals surface area contributed by atoms with Crippen molar-refractivity contribution in [3.63, 3.8) is 0 Å². The quantitative estimate of drug-likeness (QED) is 0.738. The van der Waals surface area contributed by atoms with Gasteiger partial charge in [0.1, 0.15) is 5.82 Å². The Hall–Kier alpha value is -3.01. The van der Waals surface area contributed by atoms with E-state index in [2.05, 4.69) is 20.6 Å². The standard InChI is InChI=1S/C17H18N6O3S/c1-10-20-21-16(26-10)17(25)23-9-3-4-11(23)12-5-6-13(27-12)15(24)19-14-7-8-18-22(14)2/h5-8,11H,3-4,9H2,1-2H3,(H,19,24). The van der Waals surface area contributed by atoms with Crippen LogP contribution in [0.3, 0.4) is 0 Å². The number of hydrogen-bond acceptors (Lipinski definition) is 7. The molecule has 0 spiro atoms. The van der Waals surface area contributed by atoms with Gasteiger partial charge in [-0.2, -0.15) is 5.10 Å². The Morgan fingerprint density at radius 2 is 2.15 bits per heavy atom. The second kappa shape index (κ2) is 6.95. The molecule has 1 unspecified atom stereocenters. The number of amides is 2. The molecule has 1 N–H and O–H groups in total. The number of carbonyl (C=O) groups excluding carboxylic acids is 2. The number of nitrogens with zero attached hydrogens (tertiary/aromatic N) is 5. The van der Waals surface area contributed by atoms with E-state index in [9.17, 15) is 9.59 Å². The monoisotopic (exact) mass is 386 g/mol. The number of aryl methyl sites for hydroxylation is 2. The third-order valence-corrected chi connectivity index (χ3v) is 5.65. The highest BCUT2D eigenvalue weighted by molar-refractivity contribution is 7.14. The Morgan fingerprint density at radius 3 is 2.85 bits per heavy atom. The average molecular weight is 386 g/mol. The maximum atomic E-state index is 12.7. The number of anilines is 1. The summed E-state index contributed by atoms with van der Waals surface area (Å²) in [7, 11) is 1.76. The lowest BCUT2D eigenvalue weighted by Gasteiger charge is -2.22. The molecular weight excluding hydrogens is 368 g/mol. The van der Waals surface area contributed by atoms with Gasteiger partial charge >= 0.3 is 11.8 Å². The van der Waals surface area contributed by atoms with Crippen molar-refractivity contribution in [1.29, 1.82) is 0 Å². The van der Waals surface area contributed by atoms with Gasteiger partial charge in [-0.15, -0.1) is 21.5 Å². The van der Waals surface area contributed by atoms with E-state index in [1.165, 1.54) is 11.3 Å². The van der Waals surface area contributed by atoms with Crippen LogP contribution in [0.5, 0.6) is 0 Å². The fraction of sp³-hybridized carbons (Fsp3) is 0.353. The highest BCUT2D eigenvalue weighted by Gasteiger charge is 2.34. The predicted molar refractivity (Wildman–Crippen MR) is 97.5 cm³/mol. The molecule has 0 radical (unpaired) electrons. The molecule has 27 heavy (non-hydrogen) atoms. The summed E-state index contributed by atoms with van der Waals surface area (Å²) in [6, 6.07) is 5.32. The van der Waals surface area contributed by atoms with Gasteiger partial charge in [-0.25, -0.2) is 0 Å². The van der Waals surface area contributed by atoms with E-state index in [0.717, 1.165) is 17.7 Å². The maximum Gasteiger partial charge on any atom is 0.311 e. The Kier molecular flexibility index (Phi) is 4.48. The zero-order valence-electron chi connectivity index (χ0n) is 14.9. The lowest BCUT2D eigenvalue weighted by Crippen LogP contribution is -2.30. The topological polar surface area (TPSA) is 106 Å². The molecule has 4 heterocycles. The van der Waals surface area contributed by atoms with Gasteiger partial charge in [0.05, 0.1) is 17.1 Å². The van der Waals surface area contributed by atoms with Crippen LogP contribution >= 0.6 is 11.3 Å². The minimum atomic E-state index is -0.271. The summed E-state index contributed by atoms with van der Waals surface area (Å²) < 4.78 is 6.87. The number of likely N-dealkylation sites (tertiary alicyclic amines) is 1. The van der Waals surface area contributed by atoms with Crippen LogP contribution in [-0.2, 0) is 7.05 Å². The minimum absolute atomic E-state index is 0.00475. The summed E-state index contributed by atoms with van der Waals surface area (Å²) in [6.45, 7) is 2.27. The minimum Gasteiger partial charge on any atom is -0.417 e. The highest BCUT2D eigenvalue weighted by atomic mass is 32.1. The van der Waals surface area contributed by atoms with Crippen molar-refractivity contribution in [2.45, 2.75) is 25.8 Å². The SMILES string of the molecule is Cc1nnc(C(=O)N2CCCC2c2ccc(C(=O)Nc3ccnn3C)s2)o1. The van der Waals surface area contributed by atoms with Crippen molar-refractivity contribution in [2.24, 2.45) is 7.05 Å². The van der Waals surface area contributed by atoms with E-state index in [-0.39, 0.29) is 23.7 Å². The van der Waals surface area contributed by atoms with Crippen molar-refractivity contribution >= 4 is 29.0 Å². The summed E-state index contributed by atoms with van der Waals surface area (Å²) >= 11 is 1.39. The lowest BCUT2D eigenvalue weighted by molar-refractivity contribution is 0.0695. The van der Waals surface area contributed by atoms with Crippen LogP contribution in [-0.4, -0.2) is 43.2 Å². The number of thiophene rings is 1. The van der Waals surface area contributed by atoms with Crippen LogP contribution in [0.1, 0.15) is 50.0 Å². The molecule has 1 saturated heterocycles. The fourth-order valence-corrected chi connectivity index (χ4v) is 4.19. The predicted octanol–water partition coefficient (Wildman–Crippen LogP) is 2.40. The average Bonchev–Trinajstić information content (AvgIpc) is 3.41. The van der Waals surface area contributed by atoms with Crippen LogP contribution in [0, 0.1) is 6.92 Å². The summed E-state index contributed by atoms with van der Waals surface area (Å²) in [5.41, 5.74) is 0. The second-order valence-corrected chi connectivity index (χ2v) is 7.39. The van der Waals surface area contributed by atoms with Gasteiger partial charge in [-0.3, -0.25) is 14.3 Å². The summed E-state index contributed by atoms with van der Waals surface area (Å²) in [5, 5.41) is 14.4. The molecule has 3 aromatic rings. The van der Waals surface area contributed by atoms with E-state index in [1.807, 2.05) is 6.07 Å². The number of carbonyl (C=O) groups is 2. The largest absolute Gasteiger partial charge is 0.417 e. The number of aromatic nitrogens is 4. The molecule has 0 aliphatic carbocycles. The summed E-state index contributed by atoms with van der Waals surface area (Å²) in [6.07, 6.45) is 3.34. The third kappa shape index (κ3) is 3.35. The summed E-state index contributed by atoms with van der Waals surface area (Å²) in [5.74, 6) is 0.523. The summed E-state index contributed by atoms with van der Waals surface area (Å²) in [4.78, 5) is 28.4. The van der Waals surface area contributed by atoms with Crippen LogP contribution in [0.2, 0.25) is 0 Å². The molecule has 3 aromatic heterocycles. The maximum absolute atomic E-state index is 12.7. The highest BCUT2D eigenvalue weighted by Crippen LogP contribution is 2.36. The van der Waals surface area contributed by atoms with Crippen molar-refractivity contribution < 1.29 is 14.0 Å². The van der Waals surface area contributed by atoms with Crippen molar-refractivity contribution in [3.8, 4) is 0 Å². The Bertz CT molecular complexity index is 990. The van der Waals surface area contributed by atoms with Crippen molar-refractivity contribution in [3.05, 3.63) is 45.9 Å². The molecule has 0 saturated carbocycles. The first kappa shape index (κ1) is 17.4. The van der Waals surface area contributed by atoms with Gasteiger partial charge in [0.15, 0.2) is 0 Å². The molecule has 140 valence electrons. The van der Waals surface area contributed by atoms with Crippen molar-refractivity contribution in [2.75, 3.05) is 11.9 Å². The van der Waals surface area contributed by atoms with Crippen LogP contribution < -0.4 is 5.32 Å². The first-order valence-corrected chi connectivity index (χ1v) is 9.35. The van der Waals surface area contributed by atoms with Gasteiger partial charge in [0.25, 0.3) is 5.91 Å². The molecule has 1 aliphatic rings. The van der Waals surface area contributed by atoms with E-state index in [4.69, 9.17) is 4.42 Å². The number of hydrogen-bond donors (Lipinski definition) is 1. The molecule has 2 amide bonds. The molecule has 1 fully saturated rings. The fourth-order valence-electron chi connectivity index (χ4n) is 3.14. The lowest BCUT2D eigenvalue weighted by atomic mass is 10.2.